The van der Waals surface area contributed by atoms with Gasteiger partial charge in [0.05, 0.1) is 5.69 Å². The number of nitrogens with zero attached hydrogens (tertiary/aromatic N) is 2. The van der Waals surface area contributed by atoms with Crippen molar-refractivity contribution in [2.45, 2.75) is 18.6 Å². The van der Waals surface area contributed by atoms with Crippen LogP contribution < -0.4 is 10.6 Å². The summed E-state index contributed by atoms with van der Waals surface area (Å²) in [5.41, 5.74) is 6.49. The Morgan fingerprint density at radius 1 is 1.67 bits per heavy atom. The van der Waals surface area contributed by atoms with Crippen LogP contribution in [0.5, 0.6) is 0 Å². The molecule has 5 nitrogen and oxygen atoms in total. The number of thioether (sulfide) groups is 1. The number of nitrogens with two attached hydrogens (primary N) is 1. The SMILES string of the molecule is CCC1CN(c2nc(C(=O)O)ccc2N)CCS1. The molecule has 98 valence electrons. The van der Waals surface area contributed by atoms with E-state index in [4.69, 9.17) is 10.8 Å². The molecule has 0 amide bonds. The first kappa shape index (κ1) is 13.0. The van der Waals surface area contributed by atoms with Gasteiger partial charge in [-0.25, -0.2) is 9.78 Å². The highest BCUT2D eigenvalue weighted by Gasteiger charge is 2.22. The van der Waals surface area contributed by atoms with Crippen molar-refractivity contribution in [1.29, 1.82) is 0 Å². The Labute approximate surface area is 110 Å². The first-order chi connectivity index (χ1) is 8.61. The van der Waals surface area contributed by atoms with E-state index < -0.39 is 5.97 Å². The Morgan fingerprint density at radius 2 is 2.44 bits per heavy atom. The van der Waals surface area contributed by atoms with Crippen molar-refractivity contribution in [1.82, 2.24) is 4.98 Å². The number of carboxylic acids is 1. The second-order valence-corrected chi connectivity index (χ2v) is 5.67. The number of hydrogen-bond donors (Lipinski definition) is 2. The standard InChI is InChI=1S/C12H17N3O2S/c1-2-8-7-15(5-6-18-8)11-9(13)3-4-10(14-11)12(16)17/h3-4,8H,2,5-7,13H2,1H3,(H,16,17). The van der Waals surface area contributed by atoms with E-state index in [1.165, 1.54) is 6.07 Å². The number of pyridine rings is 1. The van der Waals surface area contributed by atoms with Gasteiger partial charge in [0.15, 0.2) is 11.5 Å². The van der Waals surface area contributed by atoms with Gasteiger partial charge in [0.2, 0.25) is 0 Å². The monoisotopic (exact) mass is 267 g/mol. The number of anilines is 2. The number of carboxylic acid groups (broad SMARTS) is 1. The summed E-state index contributed by atoms with van der Waals surface area (Å²) in [4.78, 5) is 17.2. The lowest BCUT2D eigenvalue weighted by Gasteiger charge is -2.33. The summed E-state index contributed by atoms with van der Waals surface area (Å²) in [5, 5.41) is 9.53. The number of aromatic nitrogens is 1. The van der Waals surface area contributed by atoms with E-state index in [1.54, 1.807) is 6.07 Å². The molecule has 18 heavy (non-hydrogen) atoms. The summed E-state index contributed by atoms with van der Waals surface area (Å²) in [6.07, 6.45) is 1.10. The van der Waals surface area contributed by atoms with Crippen LogP contribution in [0, 0.1) is 0 Å². The lowest BCUT2D eigenvalue weighted by atomic mass is 10.2. The van der Waals surface area contributed by atoms with Crippen LogP contribution in [0.15, 0.2) is 12.1 Å². The van der Waals surface area contributed by atoms with E-state index in [2.05, 4.69) is 16.8 Å². The van der Waals surface area contributed by atoms with Crippen molar-refractivity contribution in [3.8, 4) is 0 Å². The molecule has 1 unspecified atom stereocenters. The normalized spacial score (nSPS) is 19.8. The molecule has 1 saturated heterocycles. The Bertz CT molecular complexity index is 453. The third kappa shape index (κ3) is 2.69. The van der Waals surface area contributed by atoms with Gasteiger partial charge < -0.3 is 15.7 Å². The number of carbonyl (C=O) groups is 1. The van der Waals surface area contributed by atoms with Gasteiger partial charge in [0.1, 0.15) is 0 Å². The zero-order chi connectivity index (χ0) is 13.1. The number of hydrogen-bond acceptors (Lipinski definition) is 5. The minimum Gasteiger partial charge on any atom is -0.477 e. The molecule has 1 aliphatic heterocycles. The van der Waals surface area contributed by atoms with E-state index >= 15 is 0 Å². The molecule has 1 aromatic rings. The Balaban J connectivity index is 2.26. The van der Waals surface area contributed by atoms with Gasteiger partial charge in [-0.2, -0.15) is 11.8 Å². The fourth-order valence-electron chi connectivity index (χ4n) is 1.99. The molecule has 0 aliphatic carbocycles. The second kappa shape index (κ2) is 5.48. The molecular formula is C12H17N3O2S. The van der Waals surface area contributed by atoms with Gasteiger partial charge in [-0.05, 0) is 18.6 Å². The quantitative estimate of drug-likeness (QED) is 0.867. The summed E-state index contributed by atoms with van der Waals surface area (Å²) in [6.45, 7) is 3.90. The summed E-state index contributed by atoms with van der Waals surface area (Å²) in [5.74, 6) is 0.611. The third-order valence-electron chi connectivity index (χ3n) is 3.02. The average molecular weight is 267 g/mol. The van der Waals surface area contributed by atoms with Crippen molar-refractivity contribution in [2.24, 2.45) is 0 Å². The van der Waals surface area contributed by atoms with Crippen LogP contribution >= 0.6 is 11.8 Å². The molecule has 6 heteroatoms. The maximum Gasteiger partial charge on any atom is 0.354 e. The Morgan fingerprint density at radius 3 is 3.11 bits per heavy atom. The molecule has 0 aromatic carbocycles. The van der Waals surface area contributed by atoms with Crippen molar-refractivity contribution in [2.75, 3.05) is 29.5 Å². The van der Waals surface area contributed by atoms with Gasteiger partial charge in [-0.15, -0.1) is 0 Å². The topological polar surface area (TPSA) is 79.5 Å². The van der Waals surface area contributed by atoms with Crippen molar-refractivity contribution < 1.29 is 9.90 Å². The maximum atomic E-state index is 10.9. The van der Waals surface area contributed by atoms with Crippen LogP contribution in [0.1, 0.15) is 23.8 Å². The number of nitrogen functional groups attached to an aromatic ring is 1. The van der Waals surface area contributed by atoms with E-state index in [0.29, 0.717) is 16.8 Å². The largest absolute Gasteiger partial charge is 0.477 e. The lowest BCUT2D eigenvalue weighted by Crippen LogP contribution is -2.38. The van der Waals surface area contributed by atoms with E-state index in [9.17, 15) is 4.79 Å². The highest BCUT2D eigenvalue weighted by Crippen LogP contribution is 2.28. The van der Waals surface area contributed by atoms with Crippen LogP contribution in [0.3, 0.4) is 0 Å². The molecular weight excluding hydrogens is 250 g/mol. The van der Waals surface area contributed by atoms with Crippen molar-refractivity contribution in [3.63, 3.8) is 0 Å². The van der Waals surface area contributed by atoms with Gasteiger partial charge in [0.25, 0.3) is 0 Å². The summed E-state index contributed by atoms with van der Waals surface area (Å²) in [7, 11) is 0. The highest BCUT2D eigenvalue weighted by atomic mass is 32.2. The summed E-state index contributed by atoms with van der Waals surface area (Å²) < 4.78 is 0. The first-order valence-electron chi connectivity index (χ1n) is 5.98. The first-order valence-corrected chi connectivity index (χ1v) is 7.03. The van der Waals surface area contributed by atoms with E-state index in [-0.39, 0.29) is 5.69 Å². The minimum absolute atomic E-state index is 0.0467. The smallest absolute Gasteiger partial charge is 0.354 e. The molecule has 1 aliphatic rings. The molecule has 0 spiro atoms. The lowest BCUT2D eigenvalue weighted by molar-refractivity contribution is 0.0690. The minimum atomic E-state index is -1.02. The fourth-order valence-corrected chi connectivity index (χ4v) is 3.17. The van der Waals surface area contributed by atoms with Crippen molar-refractivity contribution >= 4 is 29.2 Å². The van der Waals surface area contributed by atoms with E-state index in [1.807, 2.05) is 11.8 Å². The molecule has 1 atom stereocenters. The van der Waals surface area contributed by atoms with Gasteiger partial charge in [-0.1, -0.05) is 6.92 Å². The molecule has 0 radical (unpaired) electrons. The Kier molecular flexibility index (Phi) is 3.96. The molecule has 1 aromatic heterocycles. The second-order valence-electron chi connectivity index (χ2n) is 4.26. The summed E-state index contributed by atoms with van der Waals surface area (Å²) >= 11 is 1.95. The number of rotatable bonds is 3. The average Bonchev–Trinajstić information content (AvgIpc) is 2.39. The van der Waals surface area contributed by atoms with Crippen LogP contribution in [0.25, 0.3) is 0 Å². The predicted octanol–water partition coefficient (Wildman–Crippen LogP) is 1.69. The zero-order valence-electron chi connectivity index (χ0n) is 10.3. The van der Waals surface area contributed by atoms with Crippen LogP contribution in [0.2, 0.25) is 0 Å². The third-order valence-corrected chi connectivity index (χ3v) is 4.39. The van der Waals surface area contributed by atoms with E-state index in [0.717, 1.165) is 25.3 Å². The van der Waals surface area contributed by atoms with Crippen molar-refractivity contribution in [3.05, 3.63) is 17.8 Å². The molecule has 2 rings (SSSR count). The number of aromatic carboxylic acids is 1. The van der Waals surface area contributed by atoms with Gasteiger partial charge in [-0.3, -0.25) is 0 Å². The molecule has 3 N–H and O–H groups in total. The van der Waals surface area contributed by atoms with Crippen LogP contribution in [0.4, 0.5) is 11.5 Å². The predicted molar refractivity (Wildman–Crippen MR) is 74.4 cm³/mol. The molecule has 1 fully saturated rings. The van der Waals surface area contributed by atoms with Crippen LogP contribution in [-0.2, 0) is 0 Å². The molecule has 0 bridgehead atoms. The highest BCUT2D eigenvalue weighted by molar-refractivity contribution is 8.00. The molecule has 2 heterocycles. The summed E-state index contributed by atoms with van der Waals surface area (Å²) in [6, 6.07) is 3.06. The molecule has 0 saturated carbocycles. The zero-order valence-corrected chi connectivity index (χ0v) is 11.1. The van der Waals surface area contributed by atoms with Crippen LogP contribution in [-0.4, -0.2) is 40.2 Å². The van der Waals surface area contributed by atoms with Gasteiger partial charge >= 0.3 is 5.97 Å². The maximum absolute atomic E-state index is 10.9. The fraction of sp³-hybridized carbons (Fsp3) is 0.500. The Hall–Kier alpha value is -1.43. The van der Waals surface area contributed by atoms with Gasteiger partial charge in [0, 0.05) is 24.1 Å².